The molecular weight excluding hydrogens is 1290 g/mol. The summed E-state index contributed by atoms with van der Waals surface area (Å²) < 4.78 is 154. The number of rotatable bonds is 45. The van der Waals surface area contributed by atoms with E-state index in [9.17, 15) is 50.9 Å². The lowest BCUT2D eigenvalue weighted by atomic mass is 9.90. The number of nitrogens with one attached hydrogen (secondary N) is 3. The SMILES string of the molecule is O=C(CN1CCCC(OCc2cc(C(F)(F)F)cc(C(F)(F)F)c2)[C@@H]1c1ccccc1)NCCOCCOCCOCCOCCOCCOCCOCCOCCOCCOCCOCCNC(=S)Nc1ccc(-c2c3ccc(=O)cc-3oc3cc(O)ccc23)c(C(=O)O)c1. The molecule has 96 heavy (non-hydrogen) atoms. The number of ether oxygens (including phenoxy) is 12. The largest absolute Gasteiger partial charge is 0.508 e. The molecule has 29 heteroatoms. The van der Waals surface area contributed by atoms with Crippen LogP contribution in [0.2, 0.25) is 0 Å². The molecule has 1 fully saturated rings. The Morgan fingerprint density at radius 2 is 1.06 bits per heavy atom. The fourth-order valence-corrected chi connectivity index (χ4v) is 10.4. The molecule has 3 aliphatic rings. The molecule has 2 atom stereocenters. The number of aromatic hydroxyl groups is 1. The van der Waals surface area contributed by atoms with Gasteiger partial charge in [-0.1, -0.05) is 36.4 Å². The van der Waals surface area contributed by atoms with Crippen LogP contribution in [-0.2, 0) is 80.6 Å². The van der Waals surface area contributed by atoms with Crippen molar-refractivity contribution in [3.63, 3.8) is 0 Å². The van der Waals surface area contributed by atoms with Crippen LogP contribution in [-0.4, -0.2) is 210 Å². The molecule has 526 valence electrons. The Morgan fingerprint density at radius 1 is 0.573 bits per heavy atom. The number of phenols is 1. The molecule has 22 nitrogen and oxygen atoms in total. The number of fused-ring (bicyclic) bond motifs is 2. The minimum atomic E-state index is -4.98. The number of piperidine rings is 1. The Bertz CT molecular complexity index is 3300. The van der Waals surface area contributed by atoms with Crippen molar-refractivity contribution in [1.82, 2.24) is 15.5 Å². The van der Waals surface area contributed by atoms with E-state index in [2.05, 4.69) is 16.0 Å². The lowest BCUT2D eigenvalue weighted by Gasteiger charge is -2.41. The van der Waals surface area contributed by atoms with Gasteiger partial charge in [0, 0.05) is 47.4 Å². The van der Waals surface area contributed by atoms with E-state index in [4.69, 9.17) is 73.5 Å². The second-order valence-electron chi connectivity index (χ2n) is 21.6. The maximum atomic E-state index is 13.5. The lowest BCUT2D eigenvalue weighted by molar-refractivity contribution is -0.143. The van der Waals surface area contributed by atoms with Crippen LogP contribution in [0.1, 0.15) is 51.5 Å². The van der Waals surface area contributed by atoms with Crippen molar-refractivity contribution < 1.29 is 107 Å². The lowest BCUT2D eigenvalue weighted by Crippen LogP contribution is -2.47. The minimum absolute atomic E-state index is 0.0121. The number of hydrogen-bond donors (Lipinski definition) is 5. The zero-order valence-electron chi connectivity index (χ0n) is 53.0. The minimum Gasteiger partial charge on any atom is -0.508 e. The van der Waals surface area contributed by atoms with Crippen LogP contribution in [0.4, 0.5) is 32.0 Å². The first-order valence-corrected chi connectivity index (χ1v) is 31.8. The molecule has 0 saturated carbocycles. The summed E-state index contributed by atoms with van der Waals surface area (Å²) in [6, 6.07) is 23.7. The van der Waals surface area contributed by atoms with Crippen LogP contribution in [0, 0.1) is 0 Å². The maximum Gasteiger partial charge on any atom is 0.416 e. The van der Waals surface area contributed by atoms with Crippen LogP contribution in [0.3, 0.4) is 0 Å². The number of alkyl halides is 6. The number of amides is 1. The number of anilines is 1. The van der Waals surface area contributed by atoms with Crippen LogP contribution in [0.15, 0.2) is 112 Å². The molecular formula is C67H82F6N4O18S. The van der Waals surface area contributed by atoms with Crippen molar-refractivity contribution in [1.29, 1.82) is 0 Å². The van der Waals surface area contributed by atoms with E-state index in [1.54, 1.807) is 24.3 Å². The Kier molecular flexibility index (Phi) is 32.9. The maximum absolute atomic E-state index is 13.5. The van der Waals surface area contributed by atoms with Gasteiger partial charge in [-0.25, -0.2) is 4.79 Å². The van der Waals surface area contributed by atoms with Gasteiger partial charge in [0.2, 0.25) is 5.91 Å². The van der Waals surface area contributed by atoms with E-state index in [0.717, 1.165) is 5.56 Å². The van der Waals surface area contributed by atoms with E-state index in [-0.39, 0.29) is 70.4 Å². The first-order chi connectivity index (χ1) is 46.4. The first-order valence-electron chi connectivity index (χ1n) is 31.4. The molecule has 1 saturated heterocycles. The van der Waals surface area contributed by atoms with Gasteiger partial charge in [-0.2, -0.15) is 26.3 Å². The molecule has 5 N–H and O–H groups in total. The Balaban J connectivity index is 0.584. The zero-order chi connectivity index (χ0) is 68.4. The van der Waals surface area contributed by atoms with Gasteiger partial charge in [0.05, 0.1) is 187 Å². The third-order valence-electron chi connectivity index (χ3n) is 14.6. The molecule has 2 heterocycles. The number of halogens is 6. The molecule has 7 rings (SSSR count). The van der Waals surface area contributed by atoms with Gasteiger partial charge in [-0.15, -0.1) is 0 Å². The zero-order valence-corrected chi connectivity index (χ0v) is 53.8. The number of thiocarbonyl (C=S) groups is 1. The summed E-state index contributed by atoms with van der Waals surface area (Å²) >= 11 is 5.43. The number of phenolic OH excluding ortho intramolecular Hbond substituents is 1. The van der Waals surface area contributed by atoms with Crippen LogP contribution in [0.5, 0.6) is 5.75 Å². The summed E-state index contributed by atoms with van der Waals surface area (Å²) in [4.78, 5) is 39.6. The first kappa shape index (κ1) is 76.4. The van der Waals surface area contributed by atoms with Gasteiger partial charge >= 0.3 is 18.3 Å². The van der Waals surface area contributed by atoms with Gasteiger partial charge < -0.3 is 87.4 Å². The molecule has 0 spiro atoms. The summed E-state index contributed by atoms with van der Waals surface area (Å²) in [5, 5.41) is 30.0. The molecule has 0 aromatic heterocycles. The van der Waals surface area contributed by atoms with Crippen molar-refractivity contribution in [2.24, 2.45) is 0 Å². The predicted molar refractivity (Wildman–Crippen MR) is 344 cm³/mol. The number of nitrogens with zero attached hydrogens (tertiary/aromatic N) is 1. The number of hydrogen-bond acceptors (Lipinski definition) is 19. The van der Waals surface area contributed by atoms with E-state index < -0.39 is 48.2 Å². The van der Waals surface area contributed by atoms with Gasteiger partial charge in [0.15, 0.2) is 10.5 Å². The number of carbonyl (C=O) groups is 2. The average Bonchev–Trinajstić information content (AvgIpc) is 0.752. The number of carbonyl (C=O) groups excluding carboxylic acids is 1. The topological polar surface area (TPSA) is 255 Å². The van der Waals surface area contributed by atoms with Crippen molar-refractivity contribution >= 4 is 45.9 Å². The summed E-state index contributed by atoms with van der Waals surface area (Å²) in [6.45, 7) is 8.99. The van der Waals surface area contributed by atoms with E-state index >= 15 is 0 Å². The summed E-state index contributed by atoms with van der Waals surface area (Å²) in [7, 11) is 0. The quantitative estimate of drug-likeness (QED) is 0.0103. The van der Waals surface area contributed by atoms with Gasteiger partial charge in [0.1, 0.15) is 17.1 Å². The van der Waals surface area contributed by atoms with Crippen LogP contribution in [0.25, 0.3) is 33.4 Å². The molecule has 4 aromatic rings. The summed E-state index contributed by atoms with van der Waals surface area (Å²) in [5.74, 6) is -1.25. The number of benzene rings is 5. The van der Waals surface area contributed by atoms with E-state index in [0.29, 0.717) is 205 Å². The molecule has 0 radical (unpaired) electrons. The summed E-state index contributed by atoms with van der Waals surface area (Å²) in [6.07, 6.45) is -9.49. The Hall–Kier alpha value is -6.94. The monoisotopic (exact) mass is 1380 g/mol. The fourth-order valence-electron chi connectivity index (χ4n) is 10.1. The predicted octanol–water partition coefficient (Wildman–Crippen LogP) is 9.01. The molecule has 0 bridgehead atoms. The molecule has 4 aromatic carbocycles. The molecule has 1 amide bonds. The van der Waals surface area contributed by atoms with Gasteiger partial charge in [0.25, 0.3) is 0 Å². The molecule has 2 aliphatic heterocycles. The van der Waals surface area contributed by atoms with Crippen molar-refractivity contribution in [2.75, 3.05) is 177 Å². The van der Waals surface area contributed by atoms with E-state index in [1.807, 2.05) is 35.2 Å². The Morgan fingerprint density at radius 3 is 1.56 bits per heavy atom. The normalized spacial score (nSPS) is 14.6. The van der Waals surface area contributed by atoms with Crippen molar-refractivity contribution in [2.45, 2.75) is 43.9 Å². The van der Waals surface area contributed by atoms with Crippen molar-refractivity contribution in [3.8, 4) is 28.2 Å². The number of carboxylic acid groups (broad SMARTS) is 1. The number of aromatic carboxylic acids is 1. The van der Waals surface area contributed by atoms with Crippen molar-refractivity contribution in [3.05, 3.63) is 141 Å². The second-order valence-corrected chi connectivity index (χ2v) is 22.0. The smallest absolute Gasteiger partial charge is 0.416 e. The highest BCUT2D eigenvalue weighted by Gasteiger charge is 2.38. The highest BCUT2D eigenvalue weighted by atomic mass is 32.1. The number of carboxylic acids is 1. The van der Waals surface area contributed by atoms with E-state index in [1.165, 1.54) is 30.3 Å². The van der Waals surface area contributed by atoms with Crippen LogP contribution >= 0.6 is 12.2 Å². The second kappa shape index (κ2) is 41.3. The molecule has 1 aliphatic carbocycles. The van der Waals surface area contributed by atoms with Gasteiger partial charge in [-0.3, -0.25) is 14.5 Å². The fraction of sp³-hybridized carbons (Fsp3) is 0.493. The van der Waals surface area contributed by atoms with Crippen LogP contribution < -0.4 is 21.4 Å². The number of likely N-dealkylation sites (tertiary alicyclic amines) is 1. The third-order valence-corrected chi connectivity index (χ3v) is 14.8. The Labute approximate surface area is 556 Å². The van der Waals surface area contributed by atoms with Gasteiger partial charge in [-0.05, 0) is 103 Å². The average molecular weight is 1380 g/mol. The highest BCUT2D eigenvalue weighted by molar-refractivity contribution is 7.80. The summed E-state index contributed by atoms with van der Waals surface area (Å²) in [5.41, 5.74) is -0.366. The molecule has 1 unspecified atom stereocenters. The standard InChI is InChI=1S/C67H82F6N4O18S/c68-66(69,70)49-39-47(40-50(41-49)67(71,72)73)46-94-58-7-4-16-77(63(58)48-5-2-1-3-6-48)45-61(80)74-14-17-83-19-21-85-23-25-87-27-29-89-31-33-91-35-37-93-38-36-92-34-32-90-30-28-88-26-24-86-22-20-84-18-15-75-65(96)76-51-8-11-54(57(42-51)64(81)82)62-55-12-9-52(78)43-59(55)95-60-44-53(79)10-13-56(60)62/h1-3,5-6,8-13,39-44,58,63,78H,4,7,14-38,45-46H2,(H,74,80)(H,81,82)(H2,75,76,96)/t58?,63-/m0/s1. The highest BCUT2D eigenvalue weighted by Crippen LogP contribution is 2.43. The third kappa shape index (κ3) is 26.8.